The molecule has 1 saturated carbocycles. The fourth-order valence-corrected chi connectivity index (χ4v) is 3.15. The van der Waals surface area contributed by atoms with Crippen molar-refractivity contribution in [3.8, 4) is 0 Å². The number of hydrogen-bond donors (Lipinski definition) is 0. The van der Waals surface area contributed by atoms with Crippen LogP contribution < -0.4 is 0 Å². The van der Waals surface area contributed by atoms with Crippen molar-refractivity contribution in [3.63, 3.8) is 0 Å². The molecule has 1 aliphatic carbocycles. The summed E-state index contributed by atoms with van der Waals surface area (Å²) in [6, 6.07) is 21.1. The van der Waals surface area contributed by atoms with Crippen LogP contribution in [0.1, 0.15) is 30.4 Å². The summed E-state index contributed by atoms with van der Waals surface area (Å²) in [5.74, 6) is 0.737. The van der Waals surface area contributed by atoms with Gasteiger partial charge in [0.25, 0.3) is 0 Å². The Morgan fingerprint density at radius 3 is 1.87 bits per heavy atom. The van der Waals surface area contributed by atoms with Gasteiger partial charge in [0.15, 0.2) is 0 Å². The second-order valence-electron chi connectivity index (χ2n) is 6.37. The largest absolute Gasteiger partial charge is 0.103 e. The van der Waals surface area contributed by atoms with E-state index in [0.717, 1.165) is 12.3 Å². The van der Waals surface area contributed by atoms with Crippen molar-refractivity contribution < 1.29 is 0 Å². The van der Waals surface area contributed by atoms with E-state index in [9.17, 15) is 0 Å². The van der Waals surface area contributed by atoms with E-state index in [0.29, 0.717) is 0 Å². The first-order chi connectivity index (χ1) is 11.3. The lowest BCUT2D eigenvalue weighted by atomic mass is 9.97. The van der Waals surface area contributed by atoms with Gasteiger partial charge < -0.3 is 0 Å². The Bertz CT molecular complexity index is 627. The van der Waals surface area contributed by atoms with Crippen LogP contribution in [0.5, 0.6) is 0 Å². The van der Waals surface area contributed by atoms with Gasteiger partial charge in [-0.25, -0.2) is 0 Å². The zero-order valence-corrected chi connectivity index (χ0v) is 13.6. The molecule has 0 radical (unpaired) electrons. The molecule has 0 bridgehead atoms. The van der Waals surface area contributed by atoms with Gasteiger partial charge in [-0.15, -0.1) is 6.58 Å². The van der Waals surface area contributed by atoms with Crippen molar-refractivity contribution in [1.29, 1.82) is 0 Å². The summed E-state index contributed by atoms with van der Waals surface area (Å²) in [4.78, 5) is 0. The van der Waals surface area contributed by atoms with Gasteiger partial charge in [-0.1, -0.05) is 91.0 Å². The van der Waals surface area contributed by atoms with E-state index in [1.807, 2.05) is 6.08 Å². The summed E-state index contributed by atoms with van der Waals surface area (Å²) in [7, 11) is 0. The van der Waals surface area contributed by atoms with Crippen LogP contribution in [-0.4, -0.2) is 0 Å². The van der Waals surface area contributed by atoms with Crippen molar-refractivity contribution in [1.82, 2.24) is 0 Å². The van der Waals surface area contributed by atoms with E-state index < -0.39 is 0 Å². The third-order valence-corrected chi connectivity index (χ3v) is 4.69. The molecule has 116 valence electrons. The van der Waals surface area contributed by atoms with Crippen LogP contribution in [0, 0.1) is 11.3 Å². The number of hydrogen-bond acceptors (Lipinski definition) is 0. The molecular weight excluding hydrogens is 276 g/mol. The van der Waals surface area contributed by atoms with Gasteiger partial charge >= 0.3 is 0 Å². The molecule has 3 rings (SSSR count). The molecule has 0 heterocycles. The van der Waals surface area contributed by atoms with Gasteiger partial charge in [-0.05, 0) is 36.3 Å². The first kappa shape index (κ1) is 15.6. The Hall–Kier alpha value is -2.34. The highest BCUT2D eigenvalue weighted by Gasteiger charge is 2.48. The molecule has 1 unspecified atom stereocenters. The zero-order valence-electron chi connectivity index (χ0n) is 13.6. The van der Waals surface area contributed by atoms with Gasteiger partial charge in [0.1, 0.15) is 0 Å². The fraction of sp³-hybridized carbons (Fsp3) is 0.217. The fourth-order valence-electron chi connectivity index (χ4n) is 3.15. The van der Waals surface area contributed by atoms with Crippen LogP contribution in [-0.2, 0) is 0 Å². The first-order valence-electron chi connectivity index (χ1n) is 8.42. The van der Waals surface area contributed by atoms with E-state index in [-0.39, 0.29) is 5.41 Å². The Balaban J connectivity index is 1.77. The highest BCUT2D eigenvalue weighted by molar-refractivity contribution is 5.56. The topological polar surface area (TPSA) is 0 Å². The molecule has 0 amide bonds. The van der Waals surface area contributed by atoms with Gasteiger partial charge in [-0.2, -0.15) is 0 Å². The summed E-state index contributed by atoms with van der Waals surface area (Å²) in [6.07, 6.45) is 14.9. The van der Waals surface area contributed by atoms with Crippen molar-refractivity contribution >= 4 is 12.2 Å². The highest BCUT2D eigenvalue weighted by atomic mass is 14.5. The molecule has 1 fully saturated rings. The van der Waals surface area contributed by atoms with E-state index in [4.69, 9.17) is 0 Å². The third-order valence-electron chi connectivity index (χ3n) is 4.69. The molecule has 23 heavy (non-hydrogen) atoms. The number of allylic oxidation sites excluding steroid dienone is 3. The van der Waals surface area contributed by atoms with Crippen molar-refractivity contribution in [2.24, 2.45) is 11.3 Å². The van der Waals surface area contributed by atoms with Crippen molar-refractivity contribution in [2.45, 2.75) is 19.3 Å². The molecule has 1 atom stereocenters. The van der Waals surface area contributed by atoms with Crippen LogP contribution in [0.2, 0.25) is 0 Å². The normalized spacial score (nSPS) is 19.2. The molecule has 0 N–H and O–H groups in total. The van der Waals surface area contributed by atoms with Crippen LogP contribution in [0.25, 0.3) is 12.2 Å². The van der Waals surface area contributed by atoms with E-state index >= 15 is 0 Å². The maximum atomic E-state index is 3.86. The van der Waals surface area contributed by atoms with Crippen LogP contribution >= 0.6 is 0 Å². The second-order valence-corrected chi connectivity index (χ2v) is 6.37. The standard InChI is InChI=1S/C23H24/c1-2-3-14-22-19-23(22,17-15-20-10-6-4-7-11-20)18-16-21-12-8-5-9-13-21/h2,4-13,15-18,22H,1,3,14,19H2/b17-15+,18-16+. The van der Waals surface area contributed by atoms with Crippen LogP contribution in [0.15, 0.2) is 85.5 Å². The Morgan fingerprint density at radius 2 is 1.39 bits per heavy atom. The van der Waals surface area contributed by atoms with Gasteiger partial charge in [0, 0.05) is 5.41 Å². The molecule has 0 heteroatoms. The summed E-state index contributed by atoms with van der Waals surface area (Å²) < 4.78 is 0. The van der Waals surface area contributed by atoms with E-state index in [2.05, 4.69) is 91.5 Å². The van der Waals surface area contributed by atoms with Crippen molar-refractivity contribution in [2.75, 3.05) is 0 Å². The SMILES string of the molecule is C=CCCC1CC1(/C=C/c1ccccc1)/C=C/c1ccccc1. The minimum atomic E-state index is 0.217. The highest BCUT2D eigenvalue weighted by Crippen LogP contribution is 2.58. The molecule has 2 aromatic rings. The van der Waals surface area contributed by atoms with Gasteiger partial charge in [-0.3, -0.25) is 0 Å². The monoisotopic (exact) mass is 300 g/mol. The van der Waals surface area contributed by atoms with Crippen molar-refractivity contribution in [3.05, 3.63) is 96.6 Å². The summed E-state index contributed by atoms with van der Waals surface area (Å²) in [5.41, 5.74) is 2.76. The molecule has 0 saturated heterocycles. The molecule has 0 spiro atoms. The average molecular weight is 300 g/mol. The van der Waals surface area contributed by atoms with Crippen LogP contribution in [0.3, 0.4) is 0 Å². The Labute approximate surface area is 139 Å². The van der Waals surface area contributed by atoms with E-state index in [1.165, 1.54) is 24.0 Å². The zero-order chi connectivity index (χ0) is 16.0. The summed E-state index contributed by atoms with van der Waals surface area (Å²) in [6.45, 7) is 3.86. The van der Waals surface area contributed by atoms with Gasteiger partial charge in [0.2, 0.25) is 0 Å². The summed E-state index contributed by atoms with van der Waals surface area (Å²) >= 11 is 0. The molecule has 0 aromatic heterocycles. The quantitative estimate of drug-likeness (QED) is 0.520. The number of rotatable bonds is 7. The van der Waals surface area contributed by atoms with E-state index in [1.54, 1.807) is 0 Å². The molecule has 0 nitrogen and oxygen atoms in total. The molecule has 0 aliphatic heterocycles. The maximum absolute atomic E-state index is 3.86. The minimum Gasteiger partial charge on any atom is -0.103 e. The predicted octanol–water partition coefficient (Wildman–Crippen LogP) is 6.39. The lowest BCUT2D eigenvalue weighted by Crippen LogP contribution is -1.95. The average Bonchev–Trinajstić information content (AvgIpc) is 3.32. The predicted molar refractivity (Wildman–Crippen MR) is 101 cm³/mol. The lowest BCUT2D eigenvalue weighted by Gasteiger charge is -2.07. The smallest absolute Gasteiger partial charge is 0.00993 e. The minimum absolute atomic E-state index is 0.217. The Morgan fingerprint density at radius 1 is 0.870 bits per heavy atom. The molecule has 1 aliphatic rings. The second kappa shape index (κ2) is 7.28. The summed E-state index contributed by atoms with van der Waals surface area (Å²) in [5, 5.41) is 0. The molecule has 2 aromatic carbocycles. The number of benzene rings is 2. The maximum Gasteiger partial charge on any atom is 0.00993 e. The third kappa shape index (κ3) is 4.10. The lowest BCUT2D eigenvalue weighted by molar-refractivity contribution is 0.643. The van der Waals surface area contributed by atoms with Gasteiger partial charge in [0.05, 0.1) is 0 Å². The Kier molecular flexibility index (Phi) is 4.92. The molecular formula is C23H24. The van der Waals surface area contributed by atoms with Crippen LogP contribution in [0.4, 0.5) is 0 Å². The first-order valence-corrected chi connectivity index (χ1v) is 8.42.